The lowest BCUT2D eigenvalue weighted by atomic mass is 10.2. The zero-order chi connectivity index (χ0) is 14.2. The lowest BCUT2D eigenvalue weighted by Gasteiger charge is -2.27. The molecule has 0 unspecified atom stereocenters. The van der Waals surface area contributed by atoms with Gasteiger partial charge in [0.2, 0.25) is 5.95 Å². The van der Waals surface area contributed by atoms with Gasteiger partial charge in [0.15, 0.2) is 0 Å². The van der Waals surface area contributed by atoms with Crippen molar-refractivity contribution in [2.45, 2.75) is 31.2 Å². The standard InChI is InChI=1S/C13H16N4O2S/c1-2-11-4-6-12(7-5-11)20(18,19)17-9-3-8-16-13(17)14-10-15-16/h4-7,10H,2-3,8-9H2,1H3. The molecule has 1 aromatic heterocycles. The van der Waals surface area contributed by atoms with E-state index in [2.05, 4.69) is 10.1 Å². The van der Waals surface area contributed by atoms with Crippen LogP contribution in [-0.2, 0) is 23.0 Å². The molecule has 6 nitrogen and oxygen atoms in total. The van der Waals surface area contributed by atoms with Crippen molar-refractivity contribution in [3.8, 4) is 0 Å². The highest BCUT2D eigenvalue weighted by molar-refractivity contribution is 7.92. The molecule has 0 radical (unpaired) electrons. The van der Waals surface area contributed by atoms with Crippen LogP contribution in [0.1, 0.15) is 18.9 Å². The molecule has 0 spiro atoms. The summed E-state index contributed by atoms with van der Waals surface area (Å²) in [6, 6.07) is 7.01. The van der Waals surface area contributed by atoms with Gasteiger partial charge in [-0.25, -0.2) is 17.4 Å². The molecule has 1 aliphatic rings. The number of hydrogen-bond donors (Lipinski definition) is 0. The number of hydrogen-bond acceptors (Lipinski definition) is 4. The van der Waals surface area contributed by atoms with E-state index < -0.39 is 10.0 Å². The molecule has 2 heterocycles. The van der Waals surface area contributed by atoms with Crippen LogP contribution in [0.5, 0.6) is 0 Å². The molecule has 7 heteroatoms. The average molecular weight is 292 g/mol. The Hall–Kier alpha value is -1.89. The first-order valence-electron chi connectivity index (χ1n) is 6.62. The predicted octanol–water partition coefficient (Wildman–Crippen LogP) is 1.44. The van der Waals surface area contributed by atoms with Gasteiger partial charge >= 0.3 is 0 Å². The Morgan fingerprint density at radius 1 is 1.20 bits per heavy atom. The van der Waals surface area contributed by atoms with E-state index in [1.165, 1.54) is 10.6 Å². The average Bonchev–Trinajstić information content (AvgIpc) is 2.95. The molecular weight excluding hydrogens is 276 g/mol. The van der Waals surface area contributed by atoms with E-state index in [0.717, 1.165) is 18.4 Å². The zero-order valence-corrected chi connectivity index (χ0v) is 12.0. The fourth-order valence-corrected chi connectivity index (χ4v) is 3.79. The van der Waals surface area contributed by atoms with Crippen molar-refractivity contribution in [3.05, 3.63) is 36.2 Å². The molecule has 20 heavy (non-hydrogen) atoms. The van der Waals surface area contributed by atoms with Crippen LogP contribution >= 0.6 is 0 Å². The molecule has 0 amide bonds. The minimum absolute atomic E-state index is 0.297. The Balaban J connectivity index is 2.00. The maximum Gasteiger partial charge on any atom is 0.266 e. The Labute approximate surface area is 118 Å². The summed E-state index contributed by atoms with van der Waals surface area (Å²) >= 11 is 0. The van der Waals surface area contributed by atoms with Crippen LogP contribution in [0, 0.1) is 0 Å². The number of aryl methyl sites for hydroxylation is 2. The highest BCUT2D eigenvalue weighted by Crippen LogP contribution is 2.25. The van der Waals surface area contributed by atoms with Gasteiger partial charge in [0.1, 0.15) is 6.33 Å². The van der Waals surface area contributed by atoms with Crippen LogP contribution in [-0.4, -0.2) is 29.7 Å². The molecule has 0 saturated carbocycles. The molecule has 3 rings (SSSR count). The van der Waals surface area contributed by atoms with E-state index in [4.69, 9.17) is 0 Å². The summed E-state index contributed by atoms with van der Waals surface area (Å²) in [4.78, 5) is 4.36. The van der Waals surface area contributed by atoms with Gasteiger partial charge in [-0.2, -0.15) is 10.1 Å². The quantitative estimate of drug-likeness (QED) is 0.858. The fourth-order valence-electron chi connectivity index (χ4n) is 2.33. The van der Waals surface area contributed by atoms with Gasteiger partial charge in [0.25, 0.3) is 10.0 Å². The Bertz CT molecular complexity index is 706. The van der Waals surface area contributed by atoms with Crippen molar-refractivity contribution in [2.24, 2.45) is 0 Å². The molecule has 0 saturated heterocycles. The zero-order valence-electron chi connectivity index (χ0n) is 11.2. The van der Waals surface area contributed by atoms with Crippen molar-refractivity contribution in [1.29, 1.82) is 0 Å². The highest BCUT2D eigenvalue weighted by atomic mass is 32.2. The summed E-state index contributed by atoms with van der Waals surface area (Å²) in [7, 11) is -3.56. The van der Waals surface area contributed by atoms with Gasteiger partial charge in [-0.3, -0.25) is 0 Å². The monoisotopic (exact) mass is 292 g/mol. The number of nitrogens with zero attached hydrogens (tertiary/aromatic N) is 4. The van der Waals surface area contributed by atoms with E-state index in [0.29, 0.717) is 23.9 Å². The molecule has 0 atom stereocenters. The molecule has 1 aliphatic heterocycles. The molecule has 2 aromatic rings. The van der Waals surface area contributed by atoms with Gasteiger partial charge in [-0.05, 0) is 30.5 Å². The van der Waals surface area contributed by atoms with Crippen molar-refractivity contribution in [1.82, 2.24) is 14.8 Å². The van der Waals surface area contributed by atoms with Gasteiger partial charge < -0.3 is 0 Å². The number of aromatic nitrogens is 3. The summed E-state index contributed by atoms with van der Waals surface area (Å²) in [5.41, 5.74) is 1.12. The number of sulfonamides is 1. The first kappa shape index (κ1) is 13.1. The first-order chi connectivity index (χ1) is 9.63. The molecule has 0 bridgehead atoms. The summed E-state index contributed by atoms with van der Waals surface area (Å²) in [5.74, 6) is 0.399. The van der Waals surface area contributed by atoms with Crippen LogP contribution in [0.25, 0.3) is 0 Å². The number of rotatable bonds is 3. The van der Waals surface area contributed by atoms with Crippen molar-refractivity contribution in [2.75, 3.05) is 10.8 Å². The Kier molecular flexibility index (Phi) is 3.21. The largest absolute Gasteiger partial charge is 0.266 e. The molecular formula is C13H16N4O2S. The van der Waals surface area contributed by atoms with E-state index in [-0.39, 0.29) is 0 Å². The van der Waals surface area contributed by atoms with Gasteiger partial charge in [0.05, 0.1) is 4.90 Å². The van der Waals surface area contributed by atoms with Crippen molar-refractivity contribution >= 4 is 16.0 Å². The summed E-state index contributed by atoms with van der Waals surface area (Å²) in [6.45, 7) is 3.18. The smallest absolute Gasteiger partial charge is 0.234 e. The number of fused-ring (bicyclic) bond motifs is 1. The second-order valence-electron chi connectivity index (χ2n) is 4.71. The Morgan fingerprint density at radius 2 is 1.95 bits per heavy atom. The molecule has 0 aliphatic carbocycles. The van der Waals surface area contributed by atoms with E-state index in [1.54, 1.807) is 16.8 Å². The topological polar surface area (TPSA) is 68.1 Å². The maximum atomic E-state index is 12.7. The van der Waals surface area contributed by atoms with Gasteiger partial charge in [-0.1, -0.05) is 19.1 Å². The van der Waals surface area contributed by atoms with Gasteiger partial charge in [0, 0.05) is 13.1 Å². The SMILES string of the molecule is CCc1ccc(S(=O)(=O)N2CCCn3ncnc32)cc1. The lowest BCUT2D eigenvalue weighted by molar-refractivity contribution is 0.529. The van der Waals surface area contributed by atoms with E-state index in [1.807, 2.05) is 19.1 Å². The van der Waals surface area contributed by atoms with Gasteiger partial charge in [-0.15, -0.1) is 0 Å². The van der Waals surface area contributed by atoms with Crippen LogP contribution in [0.3, 0.4) is 0 Å². The predicted molar refractivity (Wildman–Crippen MR) is 75.0 cm³/mol. The van der Waals surface area contributed by atoms with Crippen molar-refractivity contribution in [3.63, 3.8) is 0 Å². The molecule has 106 valence electrons. The number of anilines is 1. The third kappa shape index (κ3) is 2.07. The number of benzene rings is 1. The van der Waals surface area contributed by atoms with E-state index in [9.17, 15) is 8.42 Å². The second kappa shape index (κ2) is 4.90. The third-order valence-electron chi connectivity index (χ3n) is 3.47. The van der Waals surface area contributed by atoms with Crippen molar-refractivity contribution < 1.29 is 8.42 Å². The summed E-state index contributed by atoms with van der Waals surface area (Å²) < 4.78 is 28.3. The maximum absolute atomic E-state index is 12.7. The van der Waals surface area contributed by atoms with Crippen LogP contribution in [0.4, 0.5) is 5.95 Å². The molecule has 0 N–H and O–H groups in total. The first-order valence-corrected chi connectivity index (χ1v) is 8.06. The molecule has 0 fully saturated rings. The van der Waals surface area contributed by atoms with E-state index >= 15 is 0 Å². The minimum Gasteiger partial charge on any atom is -0.234 e. The second-order valence-corrected chi connectivity index (χ2v) is 6.57. The Morgan fingerprint density at radius 3 is 2.65 bits per heavy atom. The normalized spacial score (nSPS) is 15.2. The fraction of sp³-hybridized carbons (Fsp3) is 0.385. The van der Waals surface area contributed by atoms with Crippen LogP contribution in [0.15, 0.2) is 35.5 Å². The summed E-state index contributed by atoms with van der Waals surface area (Å²) in [5, 5.41) is 4.04. The highest BCUT2D eigenvalue weighted by Gasteiger charge is 2.30. The third-order valence-corrected chi connectivity index (χ3v) is 5.26. The molecule has 1 aromatic carbocycles. The summed E-state index contributed by atoms with van der Waals surface area (Å²) in [6.07, 6.45) is 3.02. The van der Waals surface area contributed by atoms with Crippen LogP contribution < -0.4 is 4.31 Å². The van der Waals surface area contributed by atoms with Crippen LogP contribution in [0.2, 0.25) is 0 Å². The minimum atomic E-state index is -3.56. The lowest BCUT2D eigenvalue weighted by Crippen LogP contribution is -2.38.